The fraction of sp³-hybridized carbons (Fsp3) is 0.545. The van der Waals surface area contributed by atoms with Gasteiger partial charge in [-0.25, -0.2) is 0 Å². The Kier molecular flexibility index (Phi) is 7.56. The van der Waals surface area contributed by atoms with Crippen molar-refractivity contribution in [1.82, 2.24) is 0 Å². The lowest BCUT2D eigenvalue weighted by atomic mass is 9.90. The third-order valence-corrected chi connectivity index (χ3v) is 3.69. The van der Waals surface area contributed by atoms with E-state index in [9.17, 15) is 10.2 Å². The van der Waals surface area contributed by atoms with Crippen LogP contribution in [0.1, 0.15) is 77.0 Å². The predicted octanol–water partition coefficient (Wildman–Crippen LogP) is 4.16. The highest BCUT2D eigenvalue weighted by Crippen LogP contribution is 2.25. The maximum Gasteiger partial charge on any atom is 0.120 e. The summed E-state index contributed by atoms with van der Waals surface area (Å²) in [5, 5.41) is 20.0. The normalized spacial score (nSPS) is 11.3. The topological polar surface area (TPSA) is 40.5 Å². The molecule has 0 unspecified atom stereocenters. The van der Waals surface area contributed by atoms with Crippen molar-refractivity contribution in [3.05, 3.63) is 34.9 Å². The van der Waals surface area contributed by atoms with Crippen LogP contribution in [-0.2, 0) is 12.0 Å². The number of hydrogen-bond acceptors (Lipinski definition) is 2. The molecule has 1 aromatic rings. The van der Waals surface area contributed by atoms with Gasteiger partial charge in [-0.1, -0.05) is 50.2 Å². The van der Waals surface area contributed by atoms with Crippen LogP contribution in [0.3, 0.4) is 0 Å². The van der Waals surface area contributed by atoms with Gasteiger partial charge >= 0.3 is 0 Å². The Morgan fingerprint density at radius 3 is 2.25 bits per heavy atom. The molecule has 0 heterocycles. The average molecular weight is 326 g/mol. The molecule has 2 nitrogen and oxygen atoms in total. The van der Waals surface area contributed by atoms with Crippen LogP contribution in [0.25, 0.3) is 0 Å². The molecule has 0 saturated heterocycles. The van der Waals surface area contributed by atoms with Gasteiger partial charge in [0.15, 0.2) is 0 Å². The molecule has 0 saturated carbocycles. The second-order valence-electron chi connectivity index (χ2n) is 7.31. The zero-order chi connectivity index (χ0) is 18.2. The minimum Gasteiger partial charge on any atom is -0.386 e. The highest BCUT2D eigenvalue weighted by molar-refractivity contribution is 5.48. The zero-order valence-corrected chi connectivity index (χ0v) is 15.7. The van der Waals surface area contributed by atoms with E-state index in [1.165, 1.54) is 31.2 Å². The lowest BCUT2D eigenvalue weighted by Crippen LogP contribution is -2.17. The van der Waals surface area contributed by atoms with Crippen molar-refractivity contribution >= 4 is 0 Å². The van der Waals surface area contributed by atoms with Crippen LogP contribution in [0.4, 0.5) is 0 Å². The number of rotatable bonds is 6. The molecule has 2 heteroatoms. The summed E-state index contributed by atoms with van der Waals surface area (Å²) in [6.45, 7) is 9.00. The van der Waals surface area contributed by atoms with E-state index in [-0.39, 0.29) is 0 Å². The molecule has 0 aliphatic heterocycles. The van der Waals surface area contributed by atoms with E-state index in [1.807, 2.05) is 6.07 Å². The molecule has 130 valence electrons. The Balaban J connectivity index is 3.00. The van der Waals surface area contributed by atoms with Gasteiger partial charge in [-0.3, -0.25) is 0 Å². The number of benzene rings is 1. The van der Waals surface area contributed by atoms with E-state index in [0.717, 1.165) is 17.5 Å². The molecule has 0 aromatic heterocycles. The van der Waals surface area contributed by atoms with Crippen molar-refractivity contribution in [2.45, 2.75) is 77.9 Å². The molecular weight excluding hydrogens is 296 g/mol. The van der Waals surface area contributed by atoms with Gasteiger partial charge in [0.25, 0.3) is 0 Å². The summed E-state index contributed by atoms with van der Waals surface area (Å²) < 4.78 is 0. The summed E-state index contributed by atoms with van der Waals surface area (Å²) in [6.07, 6.45) is 5.93. The fourth-order valence-corrected chi connectivity index (χ4v) is 2.40. The number of unbranched alkanes of at least 4 members (excludes halogenated alkanes) is 3. The maximum absolute atomic E-state index is 10.4. The van der Waals surface area contributed by atoms with Crippen LogP contribution in [0.5, 0.6) is 0 Å². The van der Waals surface area contributed by atoms with Crippen LogP contribution in [0.15, 0.2) is 18.2 Å². The molecule has 2 N–H and O–H groups in total. The maximum atomic E-state index is 10.4. The third-order valence-electron chi connectivity index (χ3n) is 3.69. The Morgan fingerprint density at radius 1 is 0.958 bits per heavy atom. The molecule has 0 radical (unpaired) electrons. The smallest absolute Gasteiger partial charge is 0.120 e. The Bertz CT molecular complexity index is 650. The largest absolute Gasteiger partial charge is 0.386 e. The predicted molar refractivity (Wildman–Crippen MR) is 100 cm³/mol. The van der Waals surface area contributed by atoms with E-state index >= 15 is 0 Å². The van der Waals surface area contributed by atoms with E-state index in [1.54, 1.807) is 27.7 Å². The van der Waals surface area contributed by atoms with Gasteiger partial charge in [0.05, 0.1) is 5.60 Å². The summed E-state index contributed by atoms with van der Waals surface area (Å²) in [5.41, 5.74) is 0.845. The quantitative estimate of drug-likeness (QED) is 0.608. The van der Waals surface area contributed by atoms with Crippen LogP contribution < -0.4 is 0 Å². The van der Waals surface area contributed by atoms with E-state index in [4.69, 9.17) is 0 Å². The number of hydrogen-bond donors (Lipinski definition) is 2. The van der Waals surface area contributed by atoms with Crippen LogP contribution in [0.2, 0.25) is 0 Å². The second kappa shape index (κ2) is 8.93. The van der Waals surface area contributed by atoms with Crippen molar-refractivity contribution in [1.29, 1.82) is 0 Å². The van der Waals surface area contributed by atoms with Gasteiger partial charge in [-0.15, -0.1) is 0 Å². The van der Waals surface area contributed by atoms with Gasteiger partial charge in [0.2, 0.25) is 0 Å². The van der Waals surface area contributed by atoms with E-state index < -0.39 is 11.2 Å². The van der Waals surface area contributed by atoms with Crippen LogP contribution in [-0.4, -0.2) is 15.8 Å². The average Bonchev–Trinajstić information content (AvgIpc) is 2.47. The van der Waals surface area contributed by atoms with E-state index in [0.29, 0.717) is 0 Å². The Hall–Kier alpha value is -1.74. The zero-order valence-electron chi connectivity index (χ0n) is 15.7. The first kappa shape index (κ1) is 20.3. The first-order valence-electron chi connectivity index (χ1n) is 8.75. The van der Waals surface area contributed by atoms with Gasteiger partial charge in [-0.05, 0) is 69.6 Å². The summed E-state index contributed by atoms with van der Waals surface area (Å²) in [7, 11) is 0. The van der Waals surface area contributed by atoms with Crippen LogP contribution >= 0.6 is 0 Å². The fourth-order valence-electron chi connectivity index (χ4n) is 2.40. The lowest BCUT2D eigenvalue weighted by molar-refractivity contribution is 0.0782. The number of aliphatic hydroxyl groups is 2. The monoisotopic (exact) mass is 326 g/mol. The third kappa shape index (κ3) is 7.69. The first-order valence-corrected chi connectivity index (χ1v) is 8.75. The van der Waals surface area contributed by atoms with E-state index in [2.05, 4.69) is 42.7 Å². The Labute approximate surface area is 147 Å². The second-order valence-corrected chi connectivity index (χ2v) is 7.31. The summed E-state index contributed by atoms with van der Waals surface area (Å²) in [5.74, 6) is 11.1. The molecule has 0 aliphatic rings. The Morgan fingerprint density at radius 2 is 1.67 bits per heavy atom. The highest BCUT2D eigenvalue weighted by Gasteiger charge is 2.19. The molecule has 0 spiro atoms. The standard InChI is InChI=1S/C22H30O2/c1-6-7-8-9-12-18-14-15-19(20(17-18)22(4,5)24)13-10-11-16-21(2,3)23/h14-15,17,23-24H,6-9,12H2,1-5H3. The summed E-state index contributed by atoms with van der Waals surface area (Å²) in [6, 6.07) is 6.09. The molecule has 24 heavy (non-hydrogen) atoms. The van der Waals surface area contributed by atoms with Gasteiger partial charge in [0, 0.05) is 5.56 Å². The molecule has 0 aliphatic carbocycles. The summed E-state index contributed by atoms with van der Waals surface area (Å²) >= 11 is 0. The first-order chi connectivity index (χ1) is 11.1. The molecule has 0 amide bonds. The van der Waals surface area contributed by atoms with Crippen molar-refractivity contribution in [2.24, 2.45) is 0 Å². The molecule has 1 aromatic carbocycles. The van der Waals surface area contributed by atoms with Gasteiger partial charge < -0.3 is 10.2 Å². The molecule has 0 bridgehead atoms. The highest BCUT2D eigenvalue weighted by atomic mass is 16.3. The minimum absolute atomic E-state index is 0.782. The van der Waals surface area contributed by atoms with Gasteiger partial charge in [0.1, 0.15) is 5.60 Å². The van der Waals surface area contributed by atoms with Crippen molar-refractivity contribution < 1.29 is 10.2 Å². The van der Waals surface area contributed by atoms with Gasteiger partial charge in [-0.2, -0.15) is 0 Å². The van der Waals surface area contributed by atoms with Crippen LogP contribution in [0, 0.1) is 23.7 Å². The molecular formula is C22H30O2. The molecule has 1 rings (SSSR count). The minimum atomic E-state index is -1.05. The SMILES string of the molecule is CCCCCCc1ccc(C#CC#CC(C)(C)O)c(C(C)(C)O)c1. The molecule has 0 atom stereocenters. The van der Waals surface area contributed by atoms with Crippen molar-refractivity contribution in [2.75, 3.05) is 0 Å². The van der Waals surface area contributed by atoms with Crippen molar-refractivity contribution in [3.63, 3.8) is 0 Å². The van der Waals surface area contributed by atoms with Crippen molar-refractivity contribution in [3.8, 4) is 23.7 Å². The number of aryl methyl sites for hydroxylation is 1. The summed E-state index contributed by atoms with van der Waals surface area (Å²) in [4.78, 5) is 0. The lowest BCUT2D eigenvalue weighted by Gasteiger charge is -2.20. The molecule has 0 fully saturated rings.